The maximum Gasteiger partial charge on any atom is 0.275 e. The van der Waals surface area contributed by atoms with Crippen molar-refractivity contribution in [2.24, 2.45) is 0 Å². The second-order valence-electron chi connectivity index (χ2n) is 6.30. The molecule has 0 saturated carbocycles. The first-order chi connectivity index (χ1) is 12.5. The van der Waals surface area contributed by atoms with Crippen LogP contribution in [0.5, 0.6) is 0 Å². The molecule has 0 aromatic heterocycles. The van der Waals surface area contributed by atoms with Gasteiger partial charge in [0.1, 0.15) is 5.70 Å². The molecule has 0 spiro atoms. The zero-order valence-electron chi connectivity index (χ0n) is 13.7. The van der Waals surface area contributed by atoms with Gasteiger partial charge < -0.3 is 5.32 Å². The Morgan fingerprint density at radius 2 is 1.81 bits per heavy atom. The van der Waals surface area contributed by atoms with Crippen molar-refractivity contribution in [1.82, 2.24) is 5.32 Å². The highest BCUT2D eigenvalue weighted by Crippen LogP contribution is 2.30. The Morgan fingerprint density at radius 1 is 1.00 bits per heavy atom. The van der Waals surface area contributed by atoms with Crippen molar-refractivity contribution >= 4 is 28.8 Å². The Hall–Kier alpha value is -3.48. The first-order valence-electron chi connectivity index (χ1n) is 8.26. The molecule has 0 radical (unpaired) electrons. The summed E-state index contributed by atoms with van der Waals surface area (Å²) in [6.45, 7) is 0. The molecule has 2 N–H and O–H groups in total. The van der Waals surface area contributed by atoms with Gasteiger partial charge in [0, 0.05) is 17.8 Å². The number of nitro groups is 1. The van der Waals surface area contributed by atoms with E-state index in [1.165, 1.54) is 29.3 Å². The highest BCUT2D eigenvalue weighted by Gasteiger charge is 2.32. The third kappa shape index (κ3) is 2.73. The third-order valence-corrected chi connectivity index (χ3v) is 4.64. The van der Waals surface area contributed by atoms with Gasteiger partial charge in [-0.05, 0) is 48.1 Å². The lowest BCUT2D eigenvalue weighted by atomic mass is 10.0. The number of non-ortho nitro benzene ring substituents is 1. The van der Waals surface area contributed by atoms with Crippen molar-refractivity contribution in [1.29, 1.82) is 0 Å². The number of imide groups is 1. The number of amides is 2. The zero-order valence-corrected chi connectivity index (χ0v) is 13.7. The minimum Gasteiger partial charge on any atom is -0.350 e. The number of nitro benzene ring substituents is 1. The van der Waals surface area contributed by atoms with Crippen LogP contribution in [0.15, 0.2) is 48.2 Å². The van der Waals surface area contributed by atoms with Gasteiger partial charge in [0.05, 0.1) is 10.5 Å². The normalized spacial score (nSPS) is 15.8. The Labute approximate surface area is 148 Å². The molecule has 0 saturated heterocycles. The van der Waals surface area contributed by atoms with Crippen LogP contribution in [-0.2, 0) is 22.4 Å². The van der Waals surface area contributed by atoms with Crippen LogP contribution in [0.2, 0.25) is 0 Å². The molecule has 0 fully saturated rings. The number of anilines is 1. The van der Waals surface area contributed by atoms with Crippen LogP contribution >= 0.6 is 0 Å². The lowest BCUT2D eigenvalue weighted by Gasteiger charge is -2.10. The molecule has 1 heterocycles. The first-order valence-corrected chi connectivity index (χ1v) is 8.26. The van der Waals surface area contributed by atoms with Crippen LogP contribution in [0.3, 0.4) is 0 Å². The van der Waals surface area contributed by atoms with Gasteiger partial charge in [-0.3, -0.25) is 25.0 Å². The molecule has 7 heteroatoms. The number of rotatable bonds is 4. The molecule has 2 aromatic rings. The van der Waals surface area contributed by atoms with E-state index < -0.39 is 16.7 Å². The van der Waals surface area contributed by atoms with E-state index in [1.807, 2.05) is 18.2 Å². The Bertz CT molecular complexity index is 994. The summed E-state index contributed by atoms with van der Waals surface area (Å²) in [5.41, 5.74) is 3.65. The molecule has 0 unspecified atom stereocenters. The summed E-state index contributed by atoms with van der Waals surface area (Å²) >= 11 is 0. The molecule has 2 aliphatic rings. The summed E-state index contributed by atoms with van der Waals surface area (Å²) < 4.78 is 0. The SMILES string of the molecule is O=C1NC(=O)C(c2cccc([N+](=O)[O-])c2)=C1Nc1ccc2c(c1)CCC2. The number of aryl methyl sites for hydroxylation is 2. The number of nitrogens with one attached hydrogen (secondary N) is 2. The fraction of sp³-hybridized carbons (Fsp3) is 0.158. The number of benzene rings is 2. The van der Waals surface area contributed by atoms with Crippen molar-refractivity contribution in [2.75, 3.05) is 5.32 Å². The van der Waals surface area contributed by atoms with E-state index in [9.17, 15) is 19.7 Å². The van der Waals surface area contributed by atoms with Crippen molar-refractivity contribution in [3.63, 3.8) is 0 Å². The first kappa shape index (κ1) is 16.0. The second kappa shape index (κ2) is 6.11. The summed E-state index contributed by atoms with van der Waals surface area (Å²) in [5.74, 6) is -1.11. The fourth-order valence-electron chi connectivity index (χ4n) is 3.42. The Morgan fingerprint density at radius 3 is 2.62 bits per heavy atom. The number of fused-ring (bicyclic) bond motifs is 1. The van der Waals surface area contributed by atoms with Crippen LogP contribution in [-0.4, -0.2) is 16.7 Å². The van der Waals surface area contributed by atoms with Gasteiger partial charge in [-0.15, -0.1) is 0 Å². The summed E-state index contributed by atoms with van der Waals surface area (Å²) in [4.78, 5) is 35.0. The van der Waals surface area contributed by atoms with E-state index in [4.69, 9.17) is 0 Å². The molecule has 2 amide bonds. The van der Waals surface area contributed by atoms with Crippen LogP contribution in [0.25, 0.3) is 5.57 Å². The van der Waals surface area contributed by atoms with Crippen molar-refractivity contribution in [3.05, 3.63) is 75.0 Å². The molecule has 4 rings (SSSR count). The molecule has 0 atom stereocenters. The largest absolute Gasteiger partial charge is 0.350 e. The van der Waals surface area contributed by atoms with E-state index in [-0.39, 0.29) is 17.0 Å². The second-order valence-corrected chi connectivity index (χ2v) is 6.30. The summed E-state index contributed by atoms with van der Waals surface area (Å²) in [7, 11) is 0. The predicted octanol–water partition coefficient (Wildman–Crippen LogP) is 2.56. The zero-order chi connectivity index (χ0) is 18.3. The molecule has 130 valence electrons. The van der Waals surface area contributed by atoms with Crippen LogP contribution in [0, 0.1) is 10.1 Å². The lowest BCUT2D eigenvalue weighted by Crippen LogP contribution is -2.24. The number of hydrogen-bond donors (Lipinski definition) is 2. The minimum absolute atomic E-state index is 0.105. The summed E-state index contributed by atoms with van der Waals surface area (Å²) in [5, 5.41) is 16.3. The molecular weight excluding hydrogens is 334 g/mol. The van der Waals surface area contributed by atoms with Crippen LogP contribution in [0.4, 0.5) is 11.4 Å². The Kier molecular flexibility index (Phi) is 3.76. The summed E-state index contributed by atoms with van der Waals surface area (Å²) in [6.07, 6.45) is 3.16. The highest BCUT2D eigenvalue weighted by atomic mass is 16.6. The van der Waals surface area contributed by atoms with E-state index in [0.29, 0.717) is 11.3 Å². The number of carbonyl (C=O) groups is 2. The topological polar surface area (TPSA) is 101 Å². The minimum atomic E-state index is -0.570. The monoisotopic (exact) mass is 349 g/mol. The number of nitrogens with zero attached hydrogens (tertiary/aromatic N) is 1. The average molecular weight is 349 g/mol. The summed E-state index contributed by atoms with van der Waals surface area (Å²) in [6, 6.07) is 11.6. The van der Waals surface area contributed by atoms with Gasteiger partial charge in [0.15, 0.2) is 0 Å². The molecule has 0 bridgehead atoms. The van der Waals surface area contributed by atoms with E-state index in [0.717, 1.165) is 19.3 Å². The maximum absolute atomic E-state index is 12.3. The molecule has 2 aromatic carbocycles. The molecule has 1 aliphatic heterocycles. The van der Waals surface area contributed by atoms with Gasteiger partial charge in [0.2, 0.25) is 0 Å². The smallest absolute Gasteiger partial charge is 0.275 e. The lowest BCUT2D eigenvalue weighted by molar-refractivity contribution is -0.384. The molecule has 1 aliphatic carbocycles. The standard InChI is InChI=1S/C19H15N3O4/c23-18-16(13-5-2-6-15(10-13)22(25)26)17(19(24)21-18)20-14-8-7-11-3-1-4-12(11)9-14/h2,5-10H,1,3-4H2,(H2,20,21,23,24). The van der Waals surface area contributed by atoms with Gasteiger partial charge >= 0.3 is 0 Å². The predicted molar refractivity (Wildman–Crippen MR) is 95.3 cm³/mol. The average Bonchev–Trinajstić information content (AvgIpc) is 3.19. The number of carbonyl (C=O) groups excluding carboxylic acids is 2. The molecular formula is C19H15N3O4. The molecule has 26 heavy (non-hydrogen) atoms. The number of hydrogen-bond acceptors (Lipinski definition) is 5. The fourth-order valence-corrected chi connectivity index (χ4v) is 3.42. The van der Waals surface area contributed by atoms with Crippen molar-refractivity contribution in [3.8, 4) is 0 Å². The highest BCUT2D eigenvalue weighted by molar-refractivity contribution is 6.36. The third-order valence-electron chi connectivity index (χ3n) is 4.64. The van der Waals surface area contributed by atoms with Gasteiger partial charge in [-0.2, -0.15) is 0 Å². The van der Waals surface area contributed by atoms with E-state index in [2.05, 4.69) is 10.6 Å². The van der Waals surface area contributed by atoms with Crippen molar-refractivity contribution in [2.45, 2.75) is 19.3 Å². The van der Waals surface area contributed by atoms with Crippen LogP contribution in [0.1, 0.15) is 23.1 Å². The maximum atomic E-state index is 12.3. The van der Waals surface area contributed by atoms with Crippen molar-refractivity contribution < 1.29 is 14.5 Å². The van der Waals surface area contributed by atoms with Gasteiger partial charge in [-0.1, -0.05) is 18.2 Å². The van der Waals surface area contributed by atoms with E-state index in [1.54, 1.807) is 6.07 Å². The van der Waals surface area contributed by atoms with Crippen LogP contribution < -0.4 is 10.6 Å². The van der Waals surface area contributed by atoms with E-state index >= 15 is 0 Å². The quantitative estimate of drug-likeness (QED) is 0.502. The Balaban J connectivity index is 1.75. The van der Waals surface area contributed by atoms with Gasteiger partial charge in [-0.25, -0.2) is 0 Å². The molecule has 7 nitrogen and oxygen atoms in total. The van der Waals surface area contributed by atoms with Gasteiger partial charge in [0.25, 0.3) is 17.5 Å².